The second-order valence-electron chi connectivity index (χ2n) is 9.89. The number of aromatic nitrogens is 2. The van der Waals surface area contributed by atoms with E-state index in [1.165, 1.54) is 6.21 Å². The van der Waals surface area contributed by atoms with Gasteiger partial charge < -0.3 is 4.74 Å². The van der Waals surface area contributed by atoms with Gasteiger partial charge in [-0.15, -0.1) is 11.3 Å². The molecule has 12 heteroatoms. The molecule has 0 unspecified atom stereocenters. The van der Waals surface area contributed by atoms with Gasteiger partial charge in [0, 0.05) is 13.1 Å². The van der Waals surface area contributed by atoms with Crippen LogP contribution in [0.15, 0.2) is 14.7 Å². The normalized spacial score (nSPS) is 13.2. The molecular weight excluding hydrogens is 461 g/mol. The zero-order chi connectivity index (χ0) is 25.4. The van der Waals surface area contributed by atoms with E-state index in [2.05, 4.69) is 10.5 Å². The SMILES string of the molecule is Cc1c(C=NNC(=O)OC(C)(C)C)sc2c1c(=O)n(CC(C)(C)C)c(=O)n2CCC(F)(F)F. The molecule has 0 saturated heterocycles. The molecular formula is C21H29F3N4O4S. The van der Waals surface area contributed by atoms with Gasteiger partial charge in [0.25, 0.3) is 5.56 Å². The molecule has 0 aliphatic heterocycles. The first kappa shape index (κ1) is 26.6. The van der Waals surface area contributed by atoms with E-state index in [1.54, 1.807) is 27.7 Å². The number of halogens is 3. The van der Waals surface area contributed by atoms with Crippen molar-refractivity contribution in [2.45, 2.75) is 79.8 Å². The Balaban J connectivity index is 2.59. The van der Waals surface area contributed by atoms with E-state index in [0.717, 1.165) is 20.5 Å². The van der Waals surface area contributed by atoms with Crippen LogP contribution in [0.5, 0.6) is 0 Å². The van der Waals surface area contributed by atoms with Gasteiger partial charge in [-0.05, 0) is 38.7 Å². The number of rotatable bonds is 5. The fraction of sp³-hybridized carbons (Fsp3) is 0.619. The summed E-state index contributed by atoms with van der Waals surface area (Å²) in [7, 11) is 0. The Kier molecular flexibility index (Phi) is 7.52. The molecule has 0 spiro atoms. The Labute approximate surface area is 193 Å². The third-order valence-electron chi connectivity index (χ3n) is 4.32. The molecule has 33 heavy (non-hydrogen) atoms. The van der Waals surface area contributed by atoms with E-state index < -0.39 is 47.5 Å². The van der Waals surface area contributed by atoms with Gasteiger partial charge in [-0.25, -0.2) is 15.0 Å². The molecule has 8 nitrogen and oxygen atoms in total. The molecule has 0 fully saturated rings. The van der Waals surface area contributed by atoms with Crippen LogP contribution in [0.1, 0.15) is 58.4 Å². The topological polar surface area (TPSA) is 94.7 Å². The number of amides is 1. The van der Waals surface area contributed by atoms with Gasteiger partial charge in [0.2, 0.25) is 0 Å². The molecule has 184 valence electrons. The first-order valence-corrected chi connectivity index (χ1v) is 11.1. The zero-order valence-electron chi connectivity index (χ0n) is 19.7. The Hall–Kier alpha value is -2.63. The number of hydrogen-bond acceptors (Lipinski definition) is 6. The minimum Gasteiger partial charge on any atom is -0.443 e. The summed E-state index contributed by atoms with van der Waals surface area (Å²) in [6, 6.07) is 0. The number of carbonyl (C=O) groups is 1. The lowest BCUT2D eigenvalue weighted by atomic mass is 9.97. The lowest BCUT2D eigenvalue weighted by Gasteiger charge is -2.20. The molecule has 2 rings (SSSR count). The lowest BCUT2D eigenvalue weighted by molar-refractivity contribution is -0.136. The van der Waals surface area contributed by atoms with Crippen LogP contribution < -0.4 is 16.7 Å². The van der Waals surface area contributed by atoms with E-state index in [0.29, 0.717) is 10.4 Å². The number of hydrazone groups is 1. The minimum atomic E-state index is -4.47. The summed E-state index contributed by atoms with van der Waals surface area (Å²) in [6.45, 7) is 11.6. The first-order valence-electron chi connectivity index (χ1n) is 10.3. The highest BCUT2D eigenvalue weighted by molar-refractivity contribution is 7.20. The Morgan fingerprint density at radius 1 is 1.12 bits per heavy atom. The number of fused-ring (bicyclic) bond motifs is 1. The first-order chi connectivity index (χ1) is 14.9. The molecule has 0 aromatic carbocycles. The molecule has 2 aromatic heterocycles. The van der Waals surface area contributed by atoms with E-state index >= 15 is 0 Å². The third kappa shape index (κ3) is 7.18. The predicted octanol–water partition coefficient (Wildman–Crippen LogP) is 4.39. The molecule has 0 saturated carbocycles. The zero-order valence-corrected chi connectivity index (χ0v) is 20.5. The van der Waals surface area contributed by atoms with Crippen molar-refractivity contribution in [1.82, 2.24) is 14.6 Å². The number of alkyl halides is 3. The summed E-state index contributed by atoms with van der Waals surface area (Å²) >= 11 is 0.962. The van der Waals surface area contributed by atoms with Crippen LogP contribution in [-0.2, 0) is 17.8 Å². The average molecular weight is 491 g/mol. The fourth-order valence-electron chi connectivity index (χ4n) is 3.03. The van der Waals surface area contributed by atoms with Gasteiger partial charge in [-0.3, -0.25) is 13.9 Å². The highest BCUT2D eigenvalue weighted by atomic mass is 32.1. The van der Waals surface area contributed by atoms with Crippen LogP contribution >= 0.6 is 11.3 Å². The second kappa shape index (κ2) is 9.32. The molecule has 1 N–H and O–H groups in total. The van der Waals surface area contributed by atoms with Gasteiger partial charge in [0.05, 0.1) is 22.9 Å². The molecule has 0 aliphatic rings. The number of nitrogens with zero attached hydrogens (tertiary/aromatic N) is 3. The maximum absolute atomic E-state index is 13.2. The maximum Gasteiger partial charge on any atom is 0.428 e. The summed E-state index contributed by atoms with van der Waals surface area (Å²) in [5, 5.41) is 3.97. The van der Waals surface area contributed by atoms with E-state index in [9.17, 15) is 27.6 Å². The lowest BCUT2D eigenvalue weighted by Crippen LogP contribution is -2.42. The molecule has 0 bridgehead atoms. The van der Waals surface area contributed by atoms with Gasteiger partial charge >= 0.3 is 18.0 Å². The predicted molar refractivity (Wildman–Crippen MR) is 122 cm³/mol. The molecule has 0 aliphatic carbocycles. The van der Waals surface area contributed by atoms with Crippen molar-refractivity contribution in [3.8, 4) is 0 Å². The number of ether oxygens (including phenoxy) is 1. The van der Waals surface area contributed by atoms with Crippen LogP contribution in [-0.4, -0.2) is 33.2 Å². The Morgan fingerprint density at radius 3 is 2.24 bits per heavy atom. The quantitative estimate of drug-likeness (QED) is 0.497. The van der Waals surface area contributed by atoms with Crippen molar-refractivity contribution < 1.29 is 22.7 Å². The molecule has 2 heterocycles. The smallest absolute Gasteiger partial charge is 0.428 e. The van der Waals surface area contributed by atoms with Crippen molar-refractivity contribution >= 4 is 33.9 Å². The van der Waals surface area contributed by atoms with Crippen molar-refractivity contribution in [3.05, 3.63) is 31.3 Å². The Bertz CT molecular complexity index is 1180. The van der Waals surface area contributed by atoms with Crippen LogP contribution in [0, 0.1) is 12.3 Å². The van der Waals surface area contributed by atoms with Gasteiger partial charge in [0.15, 0.2) is 0 Å². The highest BCUT2D eigenvalue weighted by Crippen LogP contribution is 2.28. The summed E-state index contributed by atoms with van der Waals surface area (Å²) < 4.78 is 45.8. The average Bonchev–Trinajstić information content (AvgIpc) is 2.92. The molecule has 0 atom stereocenters. The second-order valence-corrected chi connectivity index (χ2v) is 10.9. The fourth-order valence-corrected chi connectivity index (χ4v) is 4.22. The van der Waals surface area contributed by atoms with Crippen molar-refractivity contribution in [2.75, 3.05) is 0 Å². The van der Waals surface area contributed by atoms with Crippen molar-refractivity contribution in [1.29, 1.82) is 0 Å². The van der Waals surface area contributed by atoms with Crippen LogP contribution in [0.2, 0.25) is 0 Å². The van der Waals surface area contributed by atoms with E-state index in [4.69, 9.17) is 4.74 Å². The van der Waals surface area contributed by atoms with Crippen LogP contribution in [0.4, 0.5) is 18.0 Å². The summed E-state index contributed by atoms with van der Waals surface area (Å²) in [6.07, 6.45) is -5.19. The van der Waals surface area contributed by atoms with Crippen LogP contribution in [0.3, 0.4) is 0 Å². The molecule has 2 aromatic rings. The van der Waals surface area contributed by atoms with Crippen molar-refractivity contribution in [3.63, 3.8) is 0 Å². The molecule has 0 radical (unpaired) electrons. The van der Waals surface area contributed by atoms with Crippen molar-refractivity contribution in [2.24, 2.45) is 10.5 Å². The Morgan fingerprint density at radius 2 is 1.73 bits per heavy atom. The number of carbonyl (C=O) groups excluding carboxylic acids is 1. The summed E-state index contributed by atoms with van der Waals surface area (Å²) in [5.74, 6) is 0. The monoisotopic (exact) mass is 490 g/mol. The van der Waals surface area contributed by atoms with Gasteiger partial charge in [-0.2, -0.15) is 18.3 Å². The minimum absolute atomic E-state index is 0.0472. The number of nitrogens with one attached hydrogen (secondary N) is 1. The van der Waals surface area contributed by atoms with Gasteiger partial charge in [-0.1, -0.05) is 20.8 Å². The largest absolute Gasteiger partial charge is 0.443 e. The molecule has 1 amide bonds. The summed E-state index contributed by atoms with van der Waals surface area (Å²) in [5.41, 5.74) is 0.125. The third-order valence-corrected chi connectivity index (χ3v) is 5.57. The number of hydrogen-bond donors (Lipinski definition) is 1. The summed E-state index contributed by atoms with van der Waals surface area (Å²) in [4.78, 5) is 38.5. The van der Waals surface area contributed by atoms with E-state index in [1.807, 2.05) is 20.8 Å². The van der Waals surface area contributed by atoms with Crippen LogP contribution in [0.25, 0.3) is 10.2 Å². The standard InChI is InChI=1S/C21H29F3N4O4S/c1-12-13(10-25-26-17(30)32-20(5,6)7)33-16-14(12)15(29)28(11-19(2,3)4)18(31)27(16)9-8-21(22,23)24/h10H,8-9,11H2,1-7H3,(H,26,30). The van der Waals surface area contributed by atoms with E-state index in [-0.39, 0.29) is 16.8 Å². The number of thiophene rings is 1. The highest BCUT2D eigenvalue weighted by Gasteiger charge is 2.29. The maximum atomic E-state index is 13.2. The number of aryl methyl sites for hydroxylation is 2. The van der Waals surface area contributed by atoms with Gasteiger partial charge in [0.1, 0.15) is 10.4 Å².